The fourth-order valence-corrected chi connectivity index (χ4v) is 4.79. The van der Waals surface area contributed by atoms with Gasteiger partial charge in [-0.25, -0.2) is 8.78 Å². The van der Waals surface area contributed by atoms with Crippen molar-refractivity contribution >= 4 is 23.0 Å². The third-order valence-corrected chi connectivity index (χ3v) is 6.40. The lowest BCUT2D eigenvalue weighted by Crippen LogP contribution is -2.13. The summed E-state index contributed by atoms with van der Waals surface area (Å²) in [4.78, 5) is 0. The Bertz CT molecular complexity index is 1260. The molecule has 0 bridgehead atoms. The van der Waals surface area contributed by atoms with Crippen LogP contribution in [0.15, 0.2) is 55.6 Å². The number of rotatable bonds is 6. The first-order valence-corrected chi connectivity index (χ1v) is 14.7. The first kappa shape index (κ1) is 35.7. The van der Waals surface area contributed by atoms with E-state index in [1.165, 1.54) is 40.8 Å². The summed E-state index contributed by atoms with van der Waals surface area (Å²) in [5.41, 5.74) is 7.74. The van der Waals surface area contributed by atoms with Crippen LogP contribution in [0.4, 0.5) is 14.5 Å². The number of fused-ring (bicyclic) bond motifs is 1. The van der Waals surface area contributed by atoms with Crippen LogP contribution in [0.25, 0.3) is 16.8 Å². The Labute approximate surface area is 251 Å². The van der Waals surface area contributed by atoms with Crippen molar-refractivity contribution in [3.63, 3.8) is 0 Å². The van der Waals surface area contributed by atoms with Crippen LogP contribution in [0, 0.1) is 32.4 Å². The van der Waals surface area contributed by atoms with Crippen LogP contribution in [-0.2, 0) is 6.42 Å². The van der Waals surface area contributed by atoms with Crippen molar-refractivity contribution in [2.24, 2.45) is 0 Å². The average Bonchev–Trinajstić information content (AvgIpc) is 2.94. The number of benzene rings is 3. The van der Waals surface area contributed by atoms with Gasteiger partial charge in [-0.05, 0) is 74.1 Å². The molecule has 1 heterocycles. The van der Waals surface area contributed by atoms with Gasteiger partial charge < -0.3 is 15.4 Å². The molecular formula is C35H47ClF2N2O. The summed E-state index contributed by atoms with van der Waals surface area (Å²) in [6.45, 7) is 22.9. The Kier molecular flexibility index (Phi) is 15.8. The summed E-state index contributed by atoms with van der Waals surface area (Å²) in [7, 11) is 1.60. The molecule has 3 aromatic rings. The second-order valence-electron chi connectivity index (χ2n) is 9.55. The van der Waals surface area contributed by atoms with Crippen LogP contribution in [0.5, 0.6) is 5.75 Å². The van der Waals surface area contributed by atoms with E-state index in [1.807, 2.05) is 19.9 Å². The second kappa shape index (κ2) is 18.2. The lowest BCUT2D eigenvalue weighted by atomic mass is 9.91. The van der Waals surface area contributed by atoms with E-state index in [-0.39, 0.29) is 11.3 Å². The van der Waals surface area contributed by atoms with E-state index in [0.29, 0.717) is 12.2 Å². The fourth-order valence-electron chi connectivity index (χ4n) is 4.37. The zero-order valence-corrected chi connectivity index (χ0v) is 26.8. The van der Waals surface area contributed by atoms with Crippen LogP contribution in [-0.4, -0.2) is 20.2 Å². The van der Waals surface area contributed by atoms with Gasteiger partial charge in [-0.1, -0.05) is 76.6 Å². The van der Waals surface area contributed by atoms with Gasteiger partial charge in [0.2, 0.25) is 0 Å². The van der Waals surface area contributed by atoms with Crippen molar-refractivity contribution < 1.29 is 13.5 Å². The van der Waals surface area contributed by atoms with Gasteiger partial charge >= 0.3 is 0 Å². The van der Waals surface area contributed by atoms with Crippen LogP contribution < -0.4 is 15.4 Å². The maximum atomic E-state index is 13.6. The smallest absolute Gasteiger partial charge is 0.137 e. The highest BCUT2D eigenvalue weighted by Crippen LogP contribution is 2.42. The molecule has 0 saturated heterocycles. The van der Waals surface area contributed by atoms with Crippen molar-refractivity contribution in [2.75, 3.05) is 25.5 Å². The summed E-state index contributed by atoms with van der Waals surface area (Å²) in [6.07, 6.45) is 5.03. The molecule has 0 atom stereocenters. The molecule has 224 valence electrons. The van der Waals surface area contributed by atoms with E-state index in [1.54, 1.807) is 13.1 Å². The number of aryl methyl sites for hydroxylation is 3. The van der Waals surface area contributed by atoms with Gasteiger partial charge in [0.1, 0.15) is 17.4 Å². The summed E-state index contributed by atoms with van der Waals surface area (Å²) in [5.74, 6) is -0.262. The van der Waals surface area contributed by atoms with E-state index < -0.39 is 11.6 Å². The fraction of sp³-hybridized carbons (Fsp3) is 0.371. The summed E-state index contributed by atoms with van der Waals surface area (Å²) < 4.78 is 33.1. The number of halogens is 3. The number of anilines is 1. The number of nitrogens with one attached hydrogen (secondary N) is 2. The molecule has 3 aromatic carbocycles. The molecule has 0 radical (unpaired) electrons. The number of hydrogen-bond donors (Lipinski definition) is 2. The van der Waals surface area contributed by atoms with Crippen molar-refractivity contribution in [3.8, 4) is 16.9 Å². The first-order valence-electron chi connectivity index (χ1n) is 14.3. The molecule has 1 aliphatic rings. The summed E-state index contributed by atoms with van der Waals surface area (Å²) in [6, 6.07) is 11.0. The highest BCUT2D eigenvalue weighted by molar-refractivity contribution is 6.33. The minimum atomic E-state index is -0.647. The molecule has 3 nitrogen and oxygen atoms in total. The molecule has 0 spiro atoms. The highest BCUT2D eigenvalue weighted by Gasteiger charge is 2.20. The molecule has 0 unspecified atom stereocenters. The van der Waals surface area contributed by atoms with Crippen LogP contribution >= 0.6 is 11.6 Å². The van der Waals surface area contributed by atoms with E-state index in [0.717, 1.165) is 41.3 Å². The van der Waals surface area contributed by atoms with E-state index in [2.05, 4.69) is 76.6 Å². The van der Waals surface area contributed by atoms with Gasteiger partial charge in [-0.15, -0.1) is 6.58 Å². The normalized spacial score (nSPS) is 11.1. The van der Waals surface area contributed by atoms with E-state index in [9.17, 15) is 8.78 Å². The predicted octanol–water partition coefficient (Wildman–Crippen LogP) is 10.5. The van der Waals surface area contributed by atoms with Crippen molar-refractivity contribution in [1.29, 1.82) is 0 Å². The topological polar surface area (TPSA) is 33.3 Å². The minimum Gasteiger partial charge on any atom is -0.493 e. The molecule has 0 aliphatic carbocycles. The Morgan fingerprint density at radius 3 is 2.17 bits per heavy atom. The SMILES string of the molecule is C=CCNC(=C)c1c(F)cc(NC)cc1F.CC.CCC.Cc1cc(C)c(-c2ccc(C)c3c2OCCC3)c(Cl)c1. The molecular weight excluding hydrogens is 538 g/mol. The quantitative estimate of drug-likeness (QED) is 0.283. The van der Waals surface area contributed by atoms with Gasteiger partial charge in [0.15, 0.2) is 0 Å². The molecule has 1 aliphatic heterocycles. The standard InChI is InChI=1S/C18H19ClO.C12H14F2N2.C3H8.C2H6/c1-11-9-13(3)17(16(19)10-11)15-7-6-12(2)14-5-4-8-20-18(14)15;1-4-5-16-8(2)12-10(13)6-9(15-3)7-11(12)14;1-3-2;1-2/h6-7,9-10H,4-5,8H2,1-3H3;4,6-7,15-16H,1-2,5H2,3H3;3H2,1-2H3;1-2H3. The number of hydrogen-bond acceptors (Lipinski definition) is 3. The van der Waals surface area contributed by atoms with Gasteiger partial charge in [0, 0.05) is 41.1 Å². The summed E-state index contributed by atoms with van der Waals surface area (Å²) >= 11 is 6.50. The Hall–Kier alpha value is -3.31. The molecule has 0 aromatic heterocycles. The van der Waals surface area contributed by atoms with Crippen molar-refractivity contribution in [1.82, 2.24) is 5.32 Å². The highest BCUT2D eigenvalue weighted by atomic mass is 35.5. The zero-order valence-electron chi connectivity index (χ0n) is 26.0. The molecule has 0 amide bonds. The average molecular weight is 585 g/mol. The maximum absolute atomic E-state index is 13.6. The van der Waals surface area contributed by atoms with Crippen molar-refractivity contribution in [2.45, 2.75) is 67.7 Å². The molecule has 0 fully saturated rings. The largest absolute Gasteiger partial charge is 0.493 e. The molecule has 41 heavy (non-hydrogen) atoms. The van der Waals surface area contributed by atoms with Gasteiger partial charge in [0.05, 0.1) is 12.2 Å². The Balaban J connectivity index is 0.000000362. The van der Waals surface area contributed by atoms with Gasteiger partial charge in [0.25, 0.3) is 0 Å². The Morgan fingerprint density at radius 1 is 1.02 bits per heavy atom. The van der Waals surface area contributed by atoms with Gasteiger partial charge in [-0.3, -0.25) is 0 Å². The summed E-state index contributed by atoms with van der Waals surface area (Å²) in [5, 5.41) is 6.23. The molecule has 4 rings (SSSR count). The number of ether oxygens (including phenoxy) is 1. The third-order valence-electron chi connectivity index (χ3n) is 6.11. The zero-order chi connectivity index (χ0) is 31.1. The first-order chi connectivity index (χ1) is 19.6. The van der Waals surface area contributed by atoms with Crippen LogP contribution in [0.3, 0.4) is 0 Å². The molecule has 6 heteroatoms. The monoisotopic (exact) mass is 584 g/mol. The van der Waals surface area contributed by atoms with Crippen LogP contribution in [0.2, 0.25) is 5.02 Å². The van der Waals surface area contributed by atoms with E-state index in [4.69, 9.17) is 16.3 Å². The minimum absolute atomic E-state index is 0.138. The molecule has 2 N–H and O–H groups in total. The lowest BCUT2D eigenvalue weighted by Gasteiger charge is -2.23. The van der Waals surface area contributed by atoms with E-state index >= 15 is 0 Å². The third kappa shape index (κ3) is 9.93. The second-order valence-corrected chi connectivity index (χ2v) is 9.96. The molecule has 0 saturated carbocycles. The predicted molar refractivity (Wildman–Crippen MR) is 175 cm³/mol. The maximum Gasteiger partial charge on any atom is 0.137 e. The Morgan fingerprint density at radius 2 is 1.63 bits per heavy atom. The van der Waals surface area contributed by atoms with Crippen LogP contribution in [0.1, 0.15) is 68.4 Å². The lowest BCUT2D eigenvalue weighted by molar-refractivity contribution is 0.289. The van der Waals surface area contributed by atoms with Gasteiger partial charge in [-0.2, -0.15) is 0 Å². The van der Waals surface area contributed by atoms with Crippen molar-refractivity contribution in [3.05, 3.63) is 100 Å².